The van der Waals surface area contributed by atoms with Gasteiger partial charge in [-0.15, -0.1) is 0 Å². The largest absolute Gasteiger partial charge is 0.463 e. The maximum atomic E-state index is 13.1. The zero-order valence-electron chi connectivity index (χ0n) is 16.4. The van der Waals surface area contributed by atoms with E-state index in [-0.39, 0.29) is 17.2 Å². The number of benzene rings is 1. The fraction of sp³-hybridized carbons (Fsp3) is 0.143. The van der Waals surface area contributed by atoms with Gasteiger partial charge in [-0.2, -0.15) is 0 Å². The van der Waals surface area contributed by atoms with Crippen molar-refractivity contribution in [2.45, 2.75) is 6.92 Å². The van der Waals surface area contributed by atoms with Gasteiger partial charge in [0, 0.05) is 19.8 Å². The highest BCUT2D eigenvalue weighted by molar-refractivity contribution is 6.34. The molecule has 0 unspecified atom stereocenters. The number of hydrogen-bond acceptors (Lipinski definition) is 6. The Labute approximate surface area is 176 Å². The number of hydrogen-bond donors (Lipinski definition) is 1. The Morgan fingerprint density at radius 2 is 1.93 bits per heavy atom. The van der Waals surface area contributed by atoms with E-state index in [1.54, 1.807) is 51.4 Å². The standard InChI is InChI=1S/C21H17ClN4O4/c1-11-18-14(10-16(17-5-4-8-29-17)24-20(18)30-25-11)19(27)23-12-6-7-15(22)13(9-12)21(28)26(2)3/h4-10H,1-3H3,(H,23,27). The van der Waals surface area contributed by atoms with Crippen LogP contribution in [0.4, 0.5) is 5.69 Å². The van der Waals surface area contributed by atoms with Crippen LogP contribution in [0.25, 0.3) is 22.6 Å². The number of halogens is 1. The first-order chi connectivity index (χ1) is 14.3. The quantitative estimate of drug-likeness (QED) is 0.521. The lowest BCUT2D eigenvalue weighted by Gasteiger charge is -2.13. The van der Waals surface area contributed by atoms with Gasteiger partial charge in [-0.1, -0.05) is 16.8 Å². The maximum Gasteiger partial charge on any atom is 0.259 e. The second-order valence-corrected chi connectivity index (χ2v) is 7.24. The van der Waals surface area contributed by atoms with E-state index in [1.165, 1.54) is 17.2 Å². The number of nitrogens with zero attached hydrogens (tertiary/aromatic N) is 3. The first kappa shape index (κ1) is 19.7. The first-order valence-corrected chi connectivity index (χ1v) is 9.36. The van der Waals surface area contributed by atoms with Gasteiger partial charge < -0.3 is 19.2 Å². The molecule has 0 aliphatic rings. The molecule has 3 heterocycles. The van der Waals surface area contributed by atoms with Crippen LogP contribution >= 0.6 is 11.6 Å². The van der Waals surface area contributed by atoms with E-state index in [0.29, 0.717) is 38.8 Å². The fourth-order valence-corrected chi connectivity index (χ4v) is 3.23. The third-order valence-corrected chi connectivity index (χ3v) is 4.83. The first-order valence-electron chi connectivity index (χ1n) is 8.98. The van der Waals surface area contributed by atoms with Gasteiger partial charge in [0.05, 0.1) is 33.5 Å². The Hall–Kier alpha value is -3.65. The summed E-state index contributed by atoms with van der Waals surface area (Å²) in [5.41, 5.74) is 2.23. The molecule has 8 nitrogen and oxygen atoms in total. The van der Waals surface area contributed by atoms with Crippen LogP contribution in [0, 0.1) is 6.92 Å². The van der Waals surface area contributed by atoms with Gasteiger partial charge in [-0.3, -0.25) is 9.59 Å². The van der Waals surface area contributed by atoms with Crippen molar-refractivity contribution in [3.05, 3.63) is 64.5 Å². The van der Waals surface area contributed by atoms with Crippen LogP contribution in [0.5, 0.6) is 0 Å². The Kier molecular flexibility index (Phi) is 5.01. The predicted octanol–water partition coefficient (Wildman–Crippen LogP) is 4.40. The smallest absolute Gasteiger partial charge is 0.259 e. The molecule has 0 aliphatic heterocycles. The van der Waals surface area contributed by atoms with Crippen LogP contribution in [0.1, 0.15) is 26.4 Å². The van der Waals surface area contributed by atoms with Gasteiger partial charge in [-0.05, 0) is 43.3 Å². The summed E-state index contributed by atoms with van der Waals surface area (Å²) in [4.78, 5) is 31.3. The molecule has 0 bridgehead atoms. The molecule has 0 radical (unpaired) electrons. The molecule has 4 rings (SSSR count). The van der Waals surface area contributed by atoms with Crippen LogP contribution in [-0.2, 0) is 0 Å². The van der Waals surface area contributed by atoms with Crippen molar-refractivity contribution in [2.24, 2.45) is 0 Å². The lowest BCUT2D eigenvalue weighted by molar-refractivity contribution is 0.0827. The Balaban J connectivity index is 1.74. The number of amides is 2. The highest BCUT2D eigenvalue weighted by Gasteiger charge is 2.21. The summed E-state index contributed by atoms with van der Waals surface area (Å²) < 4.78 is 10.7. The van der Waals surface area contributed by atoms with Crippen LogP contribution in [0.15, 0.2) is 51.6 Å². The summed E-state index contributed by atoms with van der Waals surface area (Å²) in [7, 11) is 3.25. The van der Waals surface area contributed by atoms with Gasteiger partial charge in [0.2, 0.25) is 0 Å². The second kappa shape index (κ2) is 7.64. The van der Waals surface area contributed by atoms with Crippen LogP contribution < -0.4 is 5.32 Å². The van der Waals surface area contributed by atoms with Gasteiger partial charge in [0.15, 0.2) is 5.76 Å². The number of furan rings is 1. The summed E-state index contributed by atoms with van der Waals surface area (Å²) in [5.74, 6) is -0.185. The summed E-state index contributed by atoms with van der Waals surface area (Å²) >= 11 is 6.15. The summed E-state index contributed by atoms with van der Waals surface area (Å²) in [5, 5.41) is 7.53. The number of aryl methyl sites for hydroxylation is 1. The predicted molar refractivity (Wildman–Crippen MR) is 112 cm³/mol. The van der Waals surface area contributed by atoms with Crippen molar-refractivity contribution in [3.63, 3.8) is 0 Å². The van der Waals surface area contributed by atoms with E-state index in [4.69, 9.17) is 20.5 Å². The monoisotopic (exact) mass is 424 g/mol. The van der Waals surface area contributed by atoms with Gasteiger partial charge in [0.25, 0.3) is 17.5 Å². The summed E-state index contributed by atoms with van der Waals surface area (Å²) in [6, 6.07) is 9.80. The maximum absolute atomic E-state index is 13.1. The number of fused-ring (bicyclic) bond motifs is 1. The van der Waals surface area contributed by atoms with Crippen molar-refractivity contribution in [1.29, 1.82) is 0 Å². The molecule has 3 aromatic heterocycles. The number of pyridine rings is 1. The number of anilines is 1. The minimum absolute atomic E-state index is 0.228. The Morgan fingerprint density at radius 1 is 1.13 bits per heavy atom. The molecule has 0 fully saturated rings. The molecule has 0 atom stereocenters. The van der Waals surface area contributed by atoms with Crippen molar-refractivity contribution in [1.82, 2.24) is 15.0 Å². The van der Waals surface area contributed by atoms with Crippen molar-refractivity contribution in [3.8, 4) is 11.5 Å². The molecule has 1 N–H and O–H groups in total. The molecular weight excluding hydrogens is 408 g/mol. The molecule has 4 aromatic rings. The molecule has 0 aliphatic carbocycles. The number of nitrogens with one attached hydrogen (secondary N) is 1. The average Bonchev–Trinajstić information content (AvgIpc) is 3.38. The molecule has 9 heteroatoms. The molecule has 152 valence electrons. The fourth-order valence-electron chi connectivity index (χ4n) is 3.03. The van der Waals surface area contributed by atoms with E-state index in [9.17, 15) is 9.59 Å². The number of aromatic nitrogens is 2. The topological polar surface area (TPSA) is 101 Å². The van der Waals surface area contributed by atoms with Crippen LogP contribution in [-0.4, -0.2) is 41.0 Å². The highest BCUT2D eigenvalue weighted by atomic mass is 35.5. The third kappa shape index (κ3) is 3.53. The number of rotatable bonds is 4. The number of carbonyl (C=O) groups excluding carboxylic acids is 2. The van der Waals surface area contributed by atoms with E-state index in [2.05, 4.69) is 15.5 Å². The molecular formula is C21H17ClN4O4. The zero-order chi connectivity index (χ0) is 21.4. The highest BCUT2D eigenvalue weighted by Crippen LogP contribution is 2.28. The summed E-state index contributed by atoms with van der Waals surface area (Å²) in [6.07, 6.45) is 1.52. The lowest BCUT2D eigenvalue weighted by atomic mass is 10.1. The van der Waals surface area contributed by atoms with Crippen LogP contribution in [0.2, 0.25) is 5.02 Å². The van der Waals surface area contributed by atoms with E-state index >= 15 is 0 Å². The second-order valence-electron chi connectivity index (χ2n) is 6.83. The van der Waals surface area contributed by atoms with Crippen molar-refractivity contribution >= 4 is 40.2 Å². The molecule has 0 saturated carbocycles. The van der Waals surface area contributed by atoms with E-state index in [0.717, 1.165) is 0 Å². The average molecular weight is 425 g/mol. The summed E-state index contributed by atoms with van der Waals surface area (Å²) in [6.45, 7) is 1.73. The van der Waals surface area contributed by atoms with Gasteiger partial charge in [0.1, 0.15) is 5.69 Å². The Bertz CT molecular complexity index is 1260. The normalized spacial score (nSPS) is 10.9. The van der Waals surface area contributed by atoms with Crippen molar-refractivity contribution in [2.75, 3.05) is 19.4 Å². The Morgan fingerprint density at radius 3 is 2.63 bits per heavy atom. The molecule has 2 amide bonds. The lowest BCUT2D eigenvalue weighted by Crippen LogP contribution is -2.22. The van der Waals surface area contributed by atoms with Crippen LogP contribution in [0.3, 0.4) is 0 Å². The minimum atomic E-state index is -0.410. The minimum Gasteiger partial charge on any atom is -0.463 e. The number of carbonyl (C=O) groups is 2. The van der Waals surface area contributed by atoms with E-state index < -0.39 is 5.91 Å². The third-order valence-electron chi connectivity index (χ3n) is 4.50. The van der Waals surface area contributed by atoms with Gasteiger partial charge in [-0.25, -0.2) is 4.98 Å². The SMILES string of the molecule is Cc1noc2nc(-c3ccco3)cc(C(=O)Nc3ccc(Cl)c(C(=O)N(C)C)c3)c12. The van der Waals surface area contributed by atoms with Crippen molar-refractivity contribution < 1.29 is 18.5 Å². The molecule has 0 saturated heterocycles. The molecule has 1 aromatic carbocycles. The molecule has 0 spiro atoms. The van der Waals surface area contributed by atoms with Gasteiger partial charge >= 0.3 is 0 Å². The molecule has 30 heavy (non-hydrogen) atoms. The zero-order valence-corrected chi connectivity index (χ0v) is 17.1. The van der Waals surface area contributed by atoms with E-state index in [1.807, 2.05) is 0 Å².